The number of rotatable bonds is 5. The normalized spacial score (nSPS) is 12.4. The fourth-order valence-electron chi connectivity index (χ4n) is 2.39. The molecule has 1 heterocycles. The van der Waals surface area contributed by atoms with Gasteiger partial charge < -0.3 is 14.5 Å². The highest BCUT2D eigenvalue weighted by Gasteiger charge is 2.17. The summed E-state index contributed by atoms with van der Waals surface area (Å²) in [5.41, 5.74) is 2.35. The monoisotopic (exact) mass is 259 g/mol. The van der Waals surface area contributed by atoms with E-state index in [4.69, 9.17) is 9.15 Å². The van der Waals surface area contributed by atoms with Crippen molar-refractivity contribution in [3.05, 3.63) is 53.0 Å². The Kier molecular flexibility index (Phi) is 4.27. The lowest BCUT2D eigenvalue weighted by Crippen LogP contribution is -2.17. The quantitative estimate of drug-likeness (QED) is 0.890. The lowest BCUT2D eigenvalue weighted by Gasteiger charge is -2.17. The van der Waals surface area contributed by atoms with E-state index in [2.05, 4.69) is 23.5 Å². The van der Waals surface area contributed by atoms with Crippen LogP contribution in [0.5, 0.6) is 5.75 Å². The fraction of sp³-hybridized carbons (Fsp3) is 0.375. The predicted octanol–water partition coefficient (Wildman–Crippen LogP) is 3.60. The number of hydrogen-bond donors (Lipinski definition) is 1. The molecule has 2 aromatic rings. The second kappa shape index (κ2) is 5.93. The molecule has 0 saturated heterocycles. The Balaban J connectivity index is 2.36. The lowest BCUT2D eigenvalue weighted by molar-refractivity contribution is 0.339. The molecular formula is C16H21NO2. The van der Waals surface area contributed by atoms with Gasteiger partial charge >= 0.3 is 0 Å². The molecule has 0 aliphatic carbocycles. The first-order valence-corrected chi connectivity index (χ1v) is 6.62. The summed E-state index contributed by atoms with van der Waals surface area (Å²) < 4.78 is 11.2. The number of hydrogen-bond acceptors (Lipinski definition) is 3. The second-order valence-electron chi connectivity index (χ2n) is 4.60. The van der Waals surface area contributed by atoms with E-state index in [1.54, 1.807) is 0 Å². The van der Waals surface area contributed by atoms with Gasteiger partial charge in [-0.25, -0.2) is 0 Å². The third kappa shape index (κ3) is 2.99. The number of furan rings is 1. The summed E-state index contributed by atoms with van der Waals surface area (Å²) in [7, 11) is 1.96. The summed E-state index contributed by atoms with van der Waals surface area (Å²) in [4.78, 5) is 0. The van der Waals surface area contributed by atoms with Crippen molar-refractivity contribution in [3.63, 3.8) is 0 Å². The third-order valence-corrected chi connectivity index (χ3v) is 3.18. The topological polar surface area (TPSA) is 34.4 Å². The van der Waals surface area contributed by atoms with Crippen molar-refractivity contribution in [2.75, 3.05) is 13.7 Å². The van der Waals surface area contributed by atoms with Crippen molar-refractivity contribution >= 4 is 0 Å². The van der Waals surface area contributed by atoms with Crippen LogP contribution in [0.15, 0.2) is 34.7 Å². The summed E-state index contributed by atoms with van der Waals surface area (Å²) in [6.45, 7) is 6.64. The third-order valence-electron chi connectivity index (χ3n) is 3.18. The zero-order valence-corrected chi connectivity index (χ0v) is 12.0. The van der Waals surface area contributed by atoms with Gasteiger partial charge in [-0.15, -0.1) is 0 Å². The molecule has 102 valence electrons. The van der Waals surface area contributed by atoms with E-state index in [0.29, 0.717) is 6.61 Å². The minimum absolute atomic E-state index is 0.123. The number of benzene rings is 1. The molecule has 0 aliphatic rings. The van der Waals surface area contributed by atoms with Crippen LogP contribution in [0, 0.1) is 13.8 Å². The largest absolute Gasteiger partial charge is 0.494 e. The van der Waals surface area contributed by atoms with Crippen LogP contribution in [0.2, 0.25) is 0 Å². The first-order valence-electron chi connectivity index (χ1n) is 6.62. The lowest BCUT2D eigenvalue weighted by atomic mass is 9.99. The van der Waals surface area contributed by atoms with Gasteiger partial charge in [0.05, 0.1) is 12.6 Å². The van der Waals surface area contributed by atoms with Crippen molar-refractivity contribution < 1.29 is 9.15 Å². The molecule has 2 rings (SSSR count). The Bertz CT molecular complexity index is 545. The van der Waals surface area contributed by atoms with E-state index in [1.165, 1.54) is 11.1 Å². The molecule has 0 bridgehead atoms. The molecule has 1 atom stereocenters. The average Bonchev–Trinajstić information content (AvgIpc) is 2.71. The van der Waals surface area contributed by atoms with Gasteiger partial charge in [0, 0.05) is 5.56 Å². The van der Waals surface area contributed by atoms with Crippen molar-refractivity contribution in [2.24, 2.45) is 0 Å². The van der Waals surface area contributed by atoms with Gasteiger partial charge in [0.1, 0.15) is 17.3 Å². The standard InChI is InChI=1S/C16H21NO2/c1-5-18-14-8-6-7-13(10-14)16(17-4)15-9-11(2)19-12(15)3/h6-10,16-17H,5H2,1-4H3. The van der Waals surface area contributed by atoms with Crippen molar-refractivity contribution in [2.45, 2.75) is 26.8 Å². The second-order valence-corrected chi connectivity index (χ2v) is 4.60. The summed E-state index contributed by atoms with van der Waals surface area (Å²) >= 11 is 0. The highest BCUT2D eigenvalue weighted by Crippen LogP contribution is 2.29. The van der Waals surface area contributed by atoms with Gasteiger partial charge in [0.15, 0.2) is 0 Å². The molecule has 1 N–H and O–H groups in total. The Labute approximate surface area is 114 Å². The summed E-state index contributed by atoms with van der Waals surface area (Å²) in [5, 5.41) is 3.34. The van der Waals surface area contributed by atoms with E-state index < -0.39 is 0 Å². The maximum Gasteiger partial charge on any atom is 0.119 e. The molecule has 0 radical (unpaired) electrons. The highest BCUT2D eigenvalue weighted by molar-refractivity contribution is 5.38. The zero-order valence-electron chi connectivity index (χ0n) is 12.0. The van der Waals surface area contributed by atoms with E-state index in [9.17, 15) is 0 Å². The van der Waals surface area contributed by atoms with Gasteiger partial charge in [-0.1, -0.05) is 12.1 Å². The van der Waals surface area contributed by atoms with Crippen LogP contribution < -0.4 is 10.1 Å². The van der Waals surface area contributed by atoms with Crippen LogP contribution in [0.25, 0.3) is 0 Å². The SMILES string of the molecule is CCOc1cccc(C(NC)c2cc(C)oc2C)c1. The minimum atomic E-state index is 0.123. The Morgan fingerprint density at radius 2 is 2.05 bits per heavy atom. The van der Waals surface area contributed by atoms with E-state index in [1.807, 2.05) is 40.0 Å². The number of ether oxygens (including phenoxy) is 1. The van der Waals surface area contributed by atoms with Crippen molar-refractivity contribution in [3.8, 4) is 5.75 Å². The molecule has 19 heavy (non-hydrogen) atoms. The molecule has 0 saturated carbocycles. The van der Waals surface area contributed by atoms with Crippen LogP contribution in [-0.4, -0.2) is 13.7 Å². The Morgan fingerprint density at radius 3 is 2.63 bits per heavy atom. The first-order chi connectivity index (χ1) is 9.15. The van der Waals surface area contributed by atoms with E-state index in [0.717, 1.165) is 17.3 Å². The smallest absolute Gasteiger partial charge is 0.119 e. The maximum absolute atomic E-state index is 5.63. The van der Waals surface area contributed by atoms with Crippen molar-refractivity contribution in [1.29, 1.82) is 0 Å². The van der Waals surface area contributed by atoms with Gasteiger partial charge in [-0.2, -0.15) is 0 Å². The maximum atomic E-state index is 5.63. The Morgan fingerprint density at radius 1 is 1.26 bits per heavy atom. The van der Waals surface area contributed by atoms with Crippen molar-refractivity contribution in [1.82, 2.24) is 5.32 Å². The average molecular weight is 259 g/mol. The predicted molar refractivity (Wildman–Crippen MR) is 76.7 cm³/mol. The molecule has 0 aliphatic heterocycles. The van der Waals surface area contributed by atoms with Gasteiger partial charge in [0.2, 0.25) is 0 Å². The van der Waals surface area contributed by atoms with Crippen LogP contribution in [0.1, 0.15) is 35.6 Å². The zero-order chi connectivity index (χ0) is 13.8. The van der Waals surface area contributed by atoms with Gasteiger partial charge in [-0.05, 0) is 51.6 Å². The van der Waals surface area contributed by atoms with Gasteiger partial charge in [-0.3, -0.25) is 0 Å². The summed E-state index contributed by atoms with van der Waals surface area (Å²) in [6.07, 6.45) is 0. The van der Waals surface area contributed by atoms with E-state index in [-0.39, 0.29) is 6.04 Å². The molecule has 0 spiro atoms. The molecule has 0 amide bonds. The molecule has 3 heteroatoms. The number of aryl methyl sites for hydroxylation is 2. The first kappa shape index (κ1) is 13.7. The van der Waals surface area contributed by atoms with Crippen LogP contribution >= 0.6 is 0 Å². The molecule has 0 fully saturated rings. The van der Waals surface area contributed by atoms with Crippen LogP contribution in [0.3, 0.4) is 0 Å². The van der Waals surface area contributed by atoms with Crippen LogP contribution in [0.4, 0.5) is 0 Å². The molecule has 3 nitrogen and oxygen atoms in total. The Hall–Kier alpha value is -1.74. The summed E-state index contributed by atoms with van der Waals surface area (Å²) in [5.74, 6) is 2.80. The highest BCUT2D eigenvalue weighted by atomic mass is 16.5. The number of nitrogens with one attached hydrogen (secondary N) is 1. The molecule has 1 aromatic carbocycles. The molecule has 1 aromatic heterocycles. The molecular weight excluding hydrogens is 238 g/mol. The molecule has 1 unspecified atom stereocenters. The van der Waals surface area contributed by atoms with E-state index >= 15 is 0 Å². The van der Waals surface area contributed by atoms with Gasteiger partial charge in [0.25, 0.3) is 0 Å². The fourth-order valence-corrected chi connectivity index (χ4v) is 2.39. The summed E-state index contributed by atoms with van der Waals surface area (Å²) in [6, 6.07) is 10.4. The minimum Gasteiger partial charge on any atom is -0.494 e. The van der Waals surface area contributed by atoms with Crippen LogP contribution in [-0.2, 0) is 0 Å².